The summed E-state index contributed by atoms with van der Waals surface area (Å²) in [5.41, 5.74) is 2.75. The lowest BCUT2D eigenvalue weighted by molar-refractivity contribution is 0.0170. The predicted octanol–water partition coefficient (Wildman–Crippen LogP) is 2.96. The number of benzene rings is 1. The summed E-state index contributed by atoms with van der Waals surface area (Å²) in [6, 6.07) is 12.4. The first-order valence-electron chi connectivity index (χ1n) is 7.63. The molecule has 1 aromatic heterocycles. The van der Waals surface area contributed by atoms with Crippen molar-refractivity contribution < 1.29 is 5.11 Å². The summed E-state index contributed by atoms with van der Waals surface area (Å²) in [7, 11) is 0. The maximum Gasteiger partial charge on any atom is 0.102 e. The zero-order chi connectivity index (χ0) is 14.7. The number of pyridine rings is 1. The standard InChI is InChI=1S/C18H22N2O/c1-14(16-8-5-11-19-12-16)20-13-18(21)10-4-7-15-6-2-3-9-17(15)18/h2-3,5-6,8-9,11-12,14,20-21H,4,7,10,13H2,1H3/t14-,18-/m1/s1. The Morgan fingerprint density at radius 2 is 2.14 bits per heavy atom. The molecule has 0 fully saturated rings. The molecule has 1 aliphatic carbocycles. The van der Waals surface area contributed by atoms with Gasteiger partial charge in [-0.3, -0.25) is 4.98 Å². The van der Waals surface area contributed by atoms with E-state index in [4.69, 9.17) is 0 Å². The van der Waals surface area contributed by atoms with E-state index >= 15 is 0 Å². The molecule has 0 amide bonds. The normalized spacial score (nSPS) is 22.6. The second-order valence-electron chi connectivity index (χ2n) is 5.93. The van der Waals surface area contributed by atoms with E-state index in [1.165, 1.54) is 5.56 Å². The lowest BCUT2D eigenvalue weighted by Gasteiger charge is -2.35. The van der Waals surface area contributed by atoms with Gasteiger partial charge in [0.2, 0.25) is 0 Å². The van der Waals surface area contributed by atoms with Crippen molar-refractivity contribution in [3.8, 4) is 0 Å². The summed E-state index contributed by atoms with van der Waals surface area (Å²) in [6.45, 7) is 2.68. The van der Waals surface area contributed by atoms with Gasteiger partial charge in [0, 0.05) is 25.0 Å². The van der Waals surface area contributed by atoms with Gasteiger partial charge in [0.1, 0.15) is 5.60 Å². The van der Waals surface area contributed by atoms with Gasteiger partial charge in [0.25, 0.3) is 0 Å². The third-order valence-corrected chi connectivity index (χ3v) is 4.44. The zero-order valence-electron chi connectivity index (χ0n) is 12.4. The molecule has 110 valence electrons. The van der Waals surface area contributed by atoms with E-state index < -0.39 is 5.60 Å². The molecule has 0 bridgehead atoms. The highest BCUT2D eigenvalue weighted by atomic mass is 16.3. The second-order valence-corrected chi connectivity index (χ2v) is 5.93. The van der Waals surface area contributed by atoms with E-state index in [-0.39, 0.29) is 6.04 Å². The molecule has 1 heterocycles. The number of fused-ring (bicyclic) bond motifs is 1. The number of nitrogens with zero attached hydrogens (tertiary/aromatic N) is 1. The Balaban J connectivity index is 1.73. The Bertz CT molecular complexity index is 599. The van der Waals surface area contributed by atoms with E-state index in [2.05, 4.69) is 41.5 Å². The molecule has 3 rings (SSSR count). The van der Waals surface area contributed by atoms with Gasteiger partial charge in [0.05, 0.1) is 0 Å². The minimum Gasteiger partial charge on any atom is -0.384 e. The van der Waals surface area contributed by atoms with Gasteiger partial charge in [-0.25, -0.2) is 0 Å². The van der Waals surface area contributed by atoms with Crippen molar-refractivity contribution >= 4 is 0 Å². The predicted molar refractivity (Wildman–Crippen MR) is 83.9 cm³/mol. The molecule has 2 atom stereocenters. The van der Waals surface area contributed by atoms with Crippen molar-refractivity contribution in [2.75, 3.05) is 6.54 Å². The Kier molecular flexibility index (Phi) is 4.04. The fourth-order valence-corrected chi connectivity index (χ4v) is 3.15. The van der Waals surface area contributed by atoms with Crippen LogP contribution in [0.5, 0.6) is 0 Å². The molecule has 0 saturated carbocycles. The van der Waals surface area contributed by atoms with E-state index in [1.807, 2.05) is 18.3 Å². The average Bonchev–Trinajstić information content (AvgIpc) is 2.54. The molecule has 21 heavy (non-hydrogen) atoms. The quantitative estimate of drug-likeness (QED) is 0.906. The largest absolute Gasteiger partial charge is 0.384 e. The topological polar surface area (TPSA) is 45.1 Å². The average molecular weight is 282 g/mol. The maximum atomic E-state index is 11.0. The molecule has 0 aliphatic heterocycles. The van der Waals surface area contributed by atoms with Crippen LogP contribution in [-0.4, -0.2) is 16.6 Å². The molecule has 0 spiro atoms. The molecule has 1 aromatic carbocycles. The second kappa shape index (κ2) is 5.96. The van der Waals surface area contributed by atoms with Crippen LogP contribution in [0.15, 0.2) is 48.8 Å². The van der Waals surface area contributed by atoms with Gasteiger partial charge < -0.3 is 10.4 Å². The van der Waals surface area contributed by atoms with Crippen LogP contribution >= 0.6 is 0 Å². The van der Waals surface area contributed by atoms with Gasteiger partial charge >= 0.3 is 0 Å². The van der Waals surface area contributed by atoms with Gasteiger partial charge in [-0.05, 0) is 48.9 Å². The highest BCUT2D eigenvalue weighted by molar-refractivity contribution is 5.35. The summed E-state index contributed by atoms with van der Waals surface area (Å²) in [5.74, 6) is 0. The first-order valence-corrected chi connectivity index (χ1v) is 7.63. The summed E-state index contributed by atoms with van der Waals surface area (Å²) in [4.78, 5) is 4.15. The number of aryl methyl sites for hydroxylation is 1. The van der Waals surface area contributed by atoms with E-state index in [1.54, 1.807) is 6.20 Å². The number of hydrogen-bond donors (Lipinski definition) is 2. The molecule has 2 aromatic rings. The van der Waals surface area contributed by atoms with Crippen LogP contribution in [0, 0.1) is 0 Å². The van der Waals surface area contributed by atoms with E-state index in [0.717, 1.165) is 30.4 Å². The molecular formula is C18H22N2O. The first kappa shape index (κ1) is 14.2. The summed E-state index contributed by atoms with van der Waals surface area (Å²) in [5, 5.41) is 14.5. The van der Waals surface area contributed by atoms with Crippen molar-refractivity contribution in [3.63, 3.8) is 0 Å². The third kappa shape index (κ3) is 2.99. The number of aromatic nitrogens is 1. The van der Waals surface area contributed by atoms with Crippen LogP contribution in [0.4, 0.5) is 0 Å². The van der Waals surface area contributed by atoms with Crippen LogP contribution in [0.2, 0.25) is 0 Å². The molecule has 3 heteroatoms. The molecule has 0 radical (unpaired) electrons. The van der Waals surface area contributed by atoms with Crippen molar-refractivity contribution in [1.29, 1.82) is 0 Å². The van der Waals surface area contributed by atoms with Gasteiger partial charge in [-0.2, -0.15) is 0 Å². The molecule has 1 aliphatic rings. The minimum absolute atomic E-state index is 0.178. The lowest BCUT2D eigenvalue weighted by Crippen LogP contribution is -2.41. The Labute approximate surface area is 126 Å². The lowest BCUT2D eigenvalue weighted by atomic mass is 9.79. The molecule has 0 unspecified atom stereocenters. The Morgan fingerprint density at radius 3 is 2.95 bits per heavy atom. The third-order valence-electron chi connectivity index (χ3n) is 4.44. The number of aliphatic hydroxyl groups is 1. The maximum absolute atomic E-state index is 11.0. The summed E-state index contributed by atoms with van der Waals surface area (Å²) in [6.07, 6.45) is 6.57. The molecule has 0 saturated heterocycles. The van der Waals surface area contributed by atoms with E-state index in [0.29, 0.717) is 6.54 Å². The van der Waals surface area contributed by atoms with Crippen LogP contribution in [-0.2, 0) is 12.0 Å². The smallest absolute Gasteiger partial charge is 0.102 e. The van der Waals surface area contributed by atoms with Crippen molar-refractivity contribution in [3.05, 3.63) is 65.5 Å². The Morgan fingerprint density at radius 1 is 1.29 bits per heavy atom. The SMILES string of the molecule is C[C@@H](NC[C@]1(O)CCCc2ccccc21)c1cccnc1. The highest BCUT2D eigenvalue weighted by Crippen LogP contribution is 2.35. The first-order chi connectivity index (χ1) is 10.2. The number of nitrogens with one attached hydrogen (secondary N) is 1. The number of hydrogen-bond acceptors (Lipinski definition) is 3. The fraction of sp³-hybridized carbons (Fsp3) is 0.389. The van der Waals surface area contributed by atoms with Crippen LogP contribution in [0.25, 0.3) is 0 Å². The molecular weight excluding hydrogens is 260 g/mol. The fourth-order valence-electron chi connectivity index (χ4n) is 3.15. The van der Waals surface area contributed by atoms with Gasteiger partial charge in [-0.15, -0.1) is 0 Å². The zero-order valence-corrected chi connectivity index (χ0v) is 12.4. The van der Waals surface area contributed by atoms with Gasteiger partial charge in [0.15, 0.2) is 0 Å². The summed E-state index contributed by atoms with van der Waals surface area (Å²) >= 11 is 0. The van der Waals surface area contributed by atoms with Crippen LogP contribution in [0.1, 0.15) is 42.5 Å². The van der Waals surface area contributed by atoms with Gasteiger partial charge in [-0.1, -0.05) is 30.3 Å². The monoisotopic (exact) mass is 282 g/mol. The van der Waals surface area contributed by atoms with Crippen LogP contribution in [0.3, 0.4) is 0 Å². The highest BCUT2D eigenvalue weighted by Gasteiger charge is 2.34. The minimum atomic E-state index is -0.759. The number of rotatable bonds is 4. The summed E-state index contributed by atoms with van der Waals surface area (Å²) < 4.78 is 0. The molecule has 3 nitrogen and oxygen atoms in total. The van der Waals surface area contributed by atoms with E-state index in [9.17, 15) is 5.11 Å². The van der Waals surface area contributed by atoms with Crippen molar-refractivity contribution in [1.82, 2.24) is 10.3 Å². The van der Waals surface area contributed by atoms with Crippen LogP contribution < -0.4 is 5.32 Å². The van der Waals surface area contributed by atoms with Crippen molar-refractivity contribution in [2.45, 2.75) is 37.8 Å². The molecule has 2 N–H and O–H groups in total. The Hall–Kier alpha value is -1.71. The van der Waals surface area contributed by atoms with Crippen molar-refractivity contribution in [2.24, 2.45) is 0 Å².